The number of hydrogen-bond donors (Lipinski definition) is 1. The van der Waals surface area contributed by atoms with E-state index in [0.717, 1.165) is 29.8 Å². The first kappa shape index (κ1) is 21.8. The van der Waals surface area contributed by atoms with Gasteiger partial charge < -0.3 is 14.7 Å². The van der Waals surface area contributed by atoms with Gasteiger partial charge in [-0.2, -0.15) is 0 Å². The Morgan fingerprint density at radius 2 is 2.08 bits per heavy atom. The monoisotopic (exact) mass is 367 g/mol. The predicted molar refractivity (Wildman–Crippen MR) is 105 cm³/mol. The Bertz CT molecular complexity index is 520. The number of ether oxygens (including phenoxy) is 1. The van der Waals surface area contributed by atoms with Crippen molar-refractivity contribution >= 4 is 17.7 Å². The van der Waals surface area contributed by atoms with Gasteiger partial charge in [0.1, 0.15) is 5.75 Å². The Morgan fingerprint density at radius 1 is 1.32 bits per heavy atom. The van der Waals surface area contributed by atoms with E-state index in [1.54, 1.807) is 6.07 Å². The molecule has 0 saturated carbocycles. The van der Waals surface area contributed by atoms with Crippen molar-refractivity contribution in [3.8, 4) is 5.75 Å². The van der Waals surface area contributed by atoms with Crippen molar-refractivity contribution in [2.24, 2.45) is 5.92 Å². The van der Waals surface area contributed by atoms with E-state index >= 15 is 0 Å². The van der Waals surface area contributed by atoms with E-state index in [-0.39, 0.29) is 11.7 Å². The van der Waals surface area contributed by atoms with Crippen LogP contribution in [0.15, 0.2) is 23.1 Å². The lowest BCUT2D eigenvalue weighted by Crippen LogP contribution is -2.14. The summed E-state index contributed by atoms with van der Waals surface area (Å²) in [6, 6.07) is 5.72. The lowest BCUT2D eigenvalue weighted by molar-refractivity contribution is -0.144. The van der Waals surface area contributed by atoms with Crippen LogP contribution in [0.2, 0.25) is 0 Å². The van der Waals surface area contributed by atoms with Crippen LogP contribution in [0.4, 0.5) is 0 Å². The highest BCUT2D eigenvalue weighted by Gasteiger charge is 2.11. The molecule has 0 spiro atoms. The van der Waals surface area contributed by atoms with Gasteiger partial charge in [0.2, 0.25) is 0 Å². The van der Waals surface area contributed by atoms with E-state index in [9.17, 15) is 9.90 Å². The van der Waals surface area contributed by atoms with Crippen LogP contribution in [-0.2, 0) is 16.1 Å². The molecule has 0 radical (unpaired) electrons. The third-order valence-electron chi connectivity index (χ3n) is 4.11. The number of hydrogen-bond acceptors (Lipinski definition) is 5. The van der Waals surface area contributed by atoms with Crippen LogP contribution < -0.4 is 0 Å². The number of benzene rings is 1. The van der Waals surface area contributed by atoms with Crippen LogP contribution in [0.5, 0.6) is 5.75 Å². The van der Waals surface area contributed by atoms with E-state index in [2.05, 4.69) is 18.7 Å². The average Bonchev–Trinajstić information content (AvgIpc) is 2.56. The number of unbranched alkanes of at least 4 members (excludes halogenated alkanes) is 1. The molecule has 25 heavy (non-hydrogen) atoms. The van der Waals surface area contributed by atoms with Crippen LogP contribution in [0, 0.1) is 5.92 Å². The van der Waals surface area contributed by atoms with Crippen LogP contribution in [0.3, 0.4) is 0 Å². The second-order valence-electron chi connectivity index (χ2n) is 6.74. The zero-order valence-electron chi connectivity index (χ0n) is 16.1. The Balaban J connectivity index is 2.33. The topological polar surface area (TPSA) is 49.8 Å². The summed E-state index contributed by atoms with van der Waals surface area (Å²) in [4.78, 5) is 14.8. The smallest absolute Gasteiger partial charge is 0.306 e. The maximum Gasteiger partial charge on any atom is 0.306 e. The van der Waals surface area contributed by atoms with Crippen molar-refractivity contribution in [2.75, 3.05) is 26.5 Å². The molecule has 0 aliphatic rings. The van der Waals surface area contributed by atoms with Gasteiger partial charge in [-0.15, -0.1) is 11.8 Å². The van der Waals surface area contributed by atoms with Crippen molar-refractivity contribution in [1.82, 2.24) is 4.90 Å². The molecule has 0 heterocycles. The van der Waals surface area contributed by atoms with Gasteiger partial charge in [0.05, 0.1) is 13.0 Å². The third kappa shape index (κ3) is 9.17. The van der Waals surface area contributed by atoms with Crippen LogP contribution >= 0.6 is 11.8 Å². The van der Waals surface area contributed by atoms with Gasteiger partial charge in [-0.3, -0.25) is 4.79 Å². The normalized spacial score (nSPS) is 12.4. The van der Waals surface area contributed by atoms with Crippen LogP contribution in [-0.4, -0.2) is 42.4 Å². The lowest BCUT2D eigenvalue weighted by atomic mass is 10.0. The Labute approximate surface area is 156 Å². The molecule has 1 aromatic rings. The van der Waals surface area contributed by atoms with Crippen molar-refractivity contribution in [3.63, 3.8) is 0 Å². The second-order valence-corrected chi connectivity index (χ2v) is 7.87. The molecule has 1 aromatic carbocycles. The van der Waals surface area contributed by atoms with E-state index in [1.165, 1.54) is 24.6 Å². The maximum absolute atomic E-state index is 11.9. The number of nitrogens with zero attached hydrogens (tertiary/aromatic N) is 1. The van der Waals surface area contributed by atoms with Gasteiger partial charge in [-0.05, 0) is 44.1 Å². The first-order chi connectivity index (χ1) is 12.0. The van der Waals surface area contributed by atoms with Gasteiger partial charge in [-0.1, -0.05) is 39.2 Å². The zero-order chi connectivity index (χ0) is 18.7. The highest BCUT2D eigenvalue weighted by molar-refractivity contribution is 7.99. The molecule has 0 bridgehead atoms. The quantitative estimate of drug-likeness (QED) is 0.429. The van der Waals surface area contributed by atoms with Crippen molar-refractivity contribution in [3.05, 3.63) is 23.8 Å². The number of carbonyl (C=O) groups is 1. The fraction of sp³-hybridized carbons (Fsp3) is 0.650. The molecule has 1 atom stereocenters. The summed E-state index contributed by atoms with van der Waals surface area (Å²) in [5, 5.41) is 10.1. The number of thioether (sulfide) groups is 1. The predicted octanol–water partition coefficient (Wildman–Crippen LogP) is 4.70. The summed E-state index contributed by atoms with van der Waals surface area (Å²) < 4.78 is 5.40. The van der Waals surface area contributed by atoms with Gasteiger partial charge in [0.15, 0.2) is 0 Å². The number of esters is 1. The van der Waals surface area contributed by atoms with E-state index < -0.39 is 0 Å². The number of carbonyl (C=O) groups excluding carboxylic acids is 1. The zero-order valence-corrected chi connectivity index (χ0v) is 16.9. The number of rotatable bonds is 12. The van der Waals surface area contributed by atoms with Gasteiger partial charge in [0, 0.05) is 17.2 Å². The molecule has 0 aliphatic carbocycles. The lowest BCUT2D eigenvalue weighted by Gasteiger charge is -2.14. The Kier molecular flexibility index (Phi) is 10.7. The molecule has 0 fully saturated rings. The van der Waals surface area contributed by atoms with E-state index in [0.29, 0.717) is 24.7 Å². The number of phenols is 1. The fourth-order valence-corrected chi connectivity index (χ4v) is 3.43. The van der Waals surface area contributed by atoms with E-state index in [4.69, 9.17) is 4.74 Å². The van der Waals surface area contributed by atoms with Crippen molar-refractivity contribution in [2.45, 2.75) is 57.4 Å². The summed E-state index contributed by atoms with van der Waals surface area (Å²) in [5.74, 6) is 1.23. The molecule has 1 N–H and O–H groups in total. The largest absolute Gasteiger partial charge is 0.507 e. The fourth-order valence-electron chi connectivity index (χ4n) is 2.57. The minimum atomic E-state index is -0.147. The summed E-state index contributed by atoms with van der Waals surface area (Å²) in [6.45, 7) is 5.65. The second kappa shape index (κ2) is 12.2. The number of aromatic hydroxyl groups is 1. The molecule has 0 saturated heterocycles. The summed E-state index contributed by atoms with van der Waals surface area (Å²) >= 11 is 1.49. The van der Waals surface area contributed by atoms with Crippen molar-refractivity contribution in [1.29, 1.82) is 0 Å². The minimum absolute atomic E-state index is 0.147. The number of phenolic OH excluding ortho intramolecular Hbond substituents is 1. The molecule has 0 aliphatic heterocycles. The molecule has 5 heteroatoms. The van der Waals surface area contributed by atoms with E-state index in [1.807, 2.05) is 26.2 Å². The third-order valence-corrected chi connectivity index (χ3v) is 5.17. The standard InChI is InChI=1S/C20H33NO3S/c1-5-7-8-16(6-2)15-24-20(23)11-12-25-19-10-9-17(13-18(19)22)14-21(3)4/h9-10,13,16,22H,5-8,11-12,14-15H2,1-4H3. The molecule has 0 aromatic heterocycles. The van der Waals surface area contributed by atoms with Gasteiger partial charge in [-0.25, -0.2) is 0 Å². The van der Waals surface area contributed by atoms with Crippen LogP contribution in [0.25, 0.3) is 0 Å². The molecule has 1 unspecified atom stereocenters. The average molecular weight is 368 g/mol. The molecule has 142 valence electrons. The molecule has 1 rings (SSSR count). The summed E-state index contributed by atoms with van der Waals surface area (Å²) in [7, 11) is 3.99. The minimum Gasteiger partial charge on any atom is -0.507 e. The first-order valence-corrected chi connectivity index (χ1v) is 10.2. The Hall–Kier alpha value is -1.20. The van der Waals surface area contributed by atoms with Crippen LogP contribution in [0.1, 0.15) is 51.5 Å². The molecule has 0 amide bonds. The first-order valence-electron chi connectivity index (χ1n) is 9.21. The van der Waals surface area contributed by atoms with Crippen molar-refractivity contribution < 1.29 is 14.6 Å². The SMILES string of the molecule is CCCCC(CC)COC(=O)CCSc1ccc(CN(C)C)cc1O. The van der Waals surface area contributed by atoms with Gasteiger partial charge in [0.25, 0.3) is 0 Å². The summed E-state index contributed by atoms with van der Waals surface area (Å²) in [5.41, 5.74) is 1.07. The Morgan fingerprint density at radius 3 is 2.68 bits per heavy atom. The highest BCUT2D eigenvalue weighted by Crippen LogP contribution is 2.30. The molecule has 4 nitrogen and oxygen atoms in total. The van der Waals surface area contributed by atoms with Gasteiger partial charge >= 0.3 is 5.97 Å². The molecular formula is C20H33NO3S. The maximum atomic E-state index is 11.9. The molecular weight excluding hydrogens is 334 g/mol. The summed E-state index contributed by atoms with van der Waals surface area (Å²) in [6.07, 6.45) is 4.91. The highest BCUT2D eigenvalue weighted by atomic mass is 32.2.